The fourth-order valence-electron chi connectivity index (χ4n) is 8.09. The Hall–Kier alpha value is -4.45. The Labute approximate surface area is 313 Å². The predicted molar refractivity (Wildman–Crippen MR) is 200 cm³/mol. The standard InChI is InChI=1S/C38H38N2O11S3/c41-37-26-12-7-13-31(52(43,44)45)34(26)38(42)36-30(40-28-17-15-25(21-33(28)54(49,50)51)23-10-5-2-6-11-23)19-18-29(35(36)37)39-27-16-14-24(20-32(27)53(46,47)48)22-8-3-1-4-9-22/h7,12-23,39-40H,1-6,8-11H2,(H,43,44,45)(H,46,47,48)(H,49,50,51). The van der Waals surface area contributed by atoms with Crippen molar-refractivity contribution >= 4 is 64.7 Å². The van der Waals surface area contributed by atoms with Crippen LogP contribution in [0, 0.1) is 0 Å². The van der Waals surface area contributed by atoms with E-state index in [9.17, 15) is 48.5 Å². The first-order valence-corrected chi connectivity index (χ1v) is 22.0. The fraction of sp³-hybridized carbons (Fsp3) is 0.316. The Morgan fingerprint density at radius 2 is 0.870 bits per heavy atom. The molecule has 3 aliphatic rings. The highest BCUT2D eigenvalue weighted by molar-refractivity contribution is 7.86. The zero-order chi connectivity index (χ0) is 38.6. The van der Waals surface area contributed by atoms with Crippen molar-refractivity contribution in [2.45, 2.75) is 90.7 Å². The molecule has 0 spiro atoms. The molecule has 5 N–H and O–H groups in total. The highest BCUT2D eigenvalue weighted by Crippen LogP contribution is 2.43. The molecule has 2 saturated carbocycles. The second kappa shape index (κ2) is 14.3. The van der Waals surface area contributed by atoms with E-state index in [1.54, 1.807) is 12.1 Å². The molecule has 284 valence electrons. The molecular formula is C38H38N2O11S3. The Kier molecular flexibility index (Phi) is 10.0. The molecule has 16 heteroatoms. The van der Waals surface area contributed by atoms with Crippen molar-refractivity contribution in [3.8, 4) is 0 Å². The molecule has 0 amide bonds. The average molecular weight is 795 g/mol. The molecule has 13 nitrogen and oxygen atoms in total. The first kappa shape index (κ1) is 37.8. The topological polar surface area (TPSA) is 221 Å². The van der Waals surface area contributed by atoms with Gasteiger partial charge in [0, 0.05) is 5.56 Å². The van der Waals surface area contributed by atoms with Gasteiger partial charge in [-0.3, -0.25) is 23.2 Å². The Morgan fingerprint density at radius 1 is 0.463 bits per heavy atom. The lowest BCUT2D eigenvalue weighted by Gasteiger charge is -2.26. The molecule has 0 aromatic heterocycles. The molecule has 0 bridgehead atoms. The van der Waals surface area contributed by atoms with Crippen molar-refractivity contribution < 1.29 is 48.5 Å². The Bertz CT molecular complexity index is 2540. The molecule has 54 heavy (non-hydrogen) atoms. The van der Waals surface area contributed by atoms with Gasteiger partial charge in [-0.2, -0.15) is 25.3 Å². The van der Waals surface area contributed by atoms with Crippen LogP contribution >= 0.6 is 0 Å². The predicted octanol–water partition coefficient (Wildman–Crippen LogP) is 7.78. The first-order chi connectivity index (χ1) is 25.5. The van der Waals surface area contributed by atoms with E-state index < -0.39 is 67.7 Å². The summed E-state index contributed by atoms with van der Waals surface area (Å²) in [6.07, 6.45) is 9.42. The third-order valence-electron chi connectivity index (χ3n) is 10.7. The van der Waals surface area contributed by atoms with Crippen LogP contribution in [0.25, 0.3) is 0 Å². The fourth-order valence-corrected chi connectivity index (χ4v) is 10.2. The average Bonchev–Trinajstić information content (AvgIpc) is 3.13. The van der Waals surface area contributed by atoms with E-state index in [1.807, 2.05) is 0 Å². The molecule has 2 fully saturated rings. The minimum Gasteiger partial charge on any atom is -0.354 e. The van der Waals surface area contributed by atoms with Crippen LogP contribution < -0.4 is 10.6 Å². The maximum absolute atomic E-state index is 14.4. The van der Waals surface area contributed by atoms with E-state index in [4.69, 9.17) is 0 Å². The van der Waals surface area contributed by atoms with Gasteiger partial charge < -0.3 is 10.6 Å². The highest BCUT2D eigenvalue weighted by Gasteiger charge is 2.38. The Balaban J connectivity index is 1.39. The van der Waals surface area contributed by atoms with Crippen molar-refractivity contribution in [3.63, 3.8) is 0 Å². The van der Waals surface area contributed by atoms with Gasteiger partial charge in [0.05, 0.1) is 39.4 Å². The van der Waals surface area contributed by atoms with Crippen molar-refractivity contribution in [1.82, 2.24) is 0 Å². The lowest BCUT2D eigenvalue weighted by atomic mass is 9.82. The number of anilines is 4. The molecule has 0 saturated heterocycles. The summed E-state index contributed by atoms with van der Waals surface area (Å²) in [5.41, 5.74) is -0.777. The van der Waals surface area contributed by atoms with Crippen molar-refractivity contribution in [2.24, 2.45) is 0 Å². The van der Waals surface area contributed by atoms with Gasteiger partial charge in [-0.25, -0.2) is 0 Å². The van der Waals surface area contributed by atoms with Crippen LogP contribution in [0.1, 0.15) is 119 Å². The second-order valence-corrected chi connectivity index (χ2v) is 18.3. The maximum Gasteiger partial charge on any atom is 0.296 e. The molecule has 0 atom stereocenters. The van der Waals surface area contributed by atoms with Gasteiger partial charge in [-0.05, 0) is 91.1 Å². The quantitative estimate of drug-likeness (QED) is 0.0901. The number of hydrogen-bond acceptors (Lipinski definition) is 10. The molecule has 4 aromatic carbocycles. The number of carbonyl (C=O) groups excluding carboxylic acids is 2. The van der Waals surface area contributed by atoms with E-state index in [-0.39, 0.29) is 45.7 Å². The minimum absolute atomic E-state index is 0.0744. The number of benzene rings is 4. The summed E-state index contributed by atoms with van der Waals surface area (Å²) in [4.78, 5) is 27.0. The van der Waals surface area contributed by atoms with Gasteiger partial charge in [0.1, 0.15) is 14.7 Å². The zero-order valence-electron chi connectivity index (χ0n) is 28.9. The SMILES string of the molecule is O=C1c2cccc(S(=O)(=O)O)c2C(=O)c2c(Nc3ccc(C4CCCCC4)cc3S(=O)(=O)O)ccc(Nc3ccc(C4CCCCC4)cc3S(=O)(=O)O)c21. The van der Waals surface area contributed by atoms with Gasteiger partial charge in [-0.1, -0.05) is 62.8 Å². The van der Waals surface area contributed by atoms with Crippen LogP contribution in [0.15, 0.2) is 81.4 Å². The number of ketones is 2. The monoisotopic (exact) mass is 794 g/mol. The summed E-state index contributed by atoms with van der Waals surface area (Å²) >= 11 is 0. The molecule has 7 rings (SSSR count). The van der Waals surface area contributed by atoms with Crippen molar-refractivity contribution in [3.05, 3.63) is 100 Å². The smallest absolute Gasteiger partial charge is 0.296 e. The number of hydrogen-bond donors (Lipinski definition) is 5. The van der Waals surface area contributed by atoms with Gasteiger partial charge in [0.2, 0.25) is 0 Å². The summed E-state index contributed by atoms with van der Waals surface area (Å²) in [5, 5.41) is 5.75. The van der Waals surface area contributed by atoms with Crippen molar-refractivity contribution in [1.29, 1.82) is 0 Å². The van der Waals surface area contributed by atoms with Crippen LogP contribution in [0.2, 0.25) is 0 Å². The van der Waals surface area contributed by atoms with Crippen LogP contribution in [-0.2, 0) is 30.4 Å². The zero-order valence-corrected chi connectivity index (χ0v) is 31.4. The van der Waals surface area contributed by atoms with Crippen LogP contribution in [0.4, 0.5) is 22.7 Å². The van der Waals surface area contributed by atoms with E-state index in [2.05, 4.69) is 10.6 Å². The highest BCUT2D eigenvalue weighted by atomic mass is 32.2. The third kappa shape index (κ3) is 7.33. The summed E-state index contributed by atoms with van der Waals surface area (Å²) in [6.45, 7) is 0. The van der Waals surface area contributed by atoms with Gasteiger partial charge in [-0.15, -0.1) is 0 Å². The molecule has 0 aliphatic heterocycles. The normalized spacial score (nSPS) is 17.2. The number of fused-ring (bicyclic) bond motifs is 2. The van der Waals surface area contributed by atoms with Gasteiger partial charge in [0.15, 0.2) is 11.6 Å². The third-order valence-corrected chi connectivity index (χ3v) is 13.4. The van der Waals surface area contributed by atoms with Crippen LogP contribution in [0.3, 0.4) is 0 Å². The van der Waals surface area contributed by atoms with E-state index in [1.165, 1.54) is 48.5 Å². The number of nitrogens with one attached hydrogen (secondary N) is 2. The van der Waals surface area contributed by atoms with Crippen molar-refractivity contribution in [2.75, 3.05) is 10.6 Å². The lowest BCUT2D eigenvalue weighted by Crippen LogP contribution is -2.26. The summed E-state index contributed by atoms with van der Waals surface area (Å²) < 4.78 is 106. The molecule has 4 aromatic rings. The largest absolute Gasteiger partial charge is 0.354 e. The van der Waals surface area contributed by atoms with E-state index >= 15 is 0 Å². The first-order valence-electron chi connectivity index (χ1n) is 17.7. The van der Waals surface area contributed by atoms with E-state index in [0.717, 1.165) is 75.8 Å². The molecule has 0 unspecified atom stereocenters. The van der Waals surface area contributed by atoms with Gasteiger partial charge >= 0.3 is 0 Å². The Morgan fingerprint density at radius 3 is 1.30 bits per heavy atom. The summed E-state index contributed by atoms with van der Waals surface area (Å²) in [6, 6.07) is 15.1. The molecule has 0 radical (unpaired) electrons. The second-order valence-electron chi connectivity index (χ2n) is 14.1. The molecule has 0 heterocycles. The van der Waals surface area contributed by atoms with Gasteiger partial charge in [0.25, 0.3) is 30.4 Å². The minimum atomic E-state index is -5.03. The maximum atomic E-state index is 14.4. The summed E-state index contributed by atoms with van der Waals surface area (Å²) in [7, 11) is -14.7. The van der Waals surface area contributed by atoms with Crippen LogP contribution in [-0.4, -0.2) is 50.5 Å². The van der Waals surface area contributed by atoms with E-state index in [0.29, 0.717) is 5.56 Å². The van der Waals surface area contributed by atoms with Crippen LogP contribution in [0.5, 0.6) is 0 Å². The summed E-state index contributed by atoms with van der Waals surface area (Å²) in [5.74, 6) is -1.73. The molecule has 3 aliphatic carbocycles. The number of rotatable bonds is 9. The number of carbonyl (C=O) groups is 2. The molecular weight excluding hydrogens is 757 g/mol. The lowest BCUT2D eigenvalue weighted by molar-refractivity contribution is 0.0977.